The molecular weight excluding hydrogens is 204 g/mol. The molecule has 0 fully saturated rings. The van der Waals surface area contributed by atoms with Crippen LogP contribution in [0.5, 0.6) is 0 Å². The third-order valence-electron chi connectivity index (χ3n) is 1.39. The molecule has 0 aromatic rings. The SMILES string of the molecule is C=C/C=C\C=C.C=CC(=C)C(C)C.CC.CC. The number of allylic oxidation sites excluding steroid dienone is 6. The van der Waals surface area contributed by atoms with Crippen molar-refractivity contribution in [3.63, 3.8) is 0 Å². The lowest BCUT2D eigenvalue weighted by molar-refractivity contribution is 0.796. The van der Waals surface area contributed by atoms with Crippen molar-refractivity contribution in [2.24, 2.45) is 5.92 Å². The Morgan fingerprint density at radius 2 is 1.12 bits per heavy atom. The van der Waals surface area contributed by atoms with Crippen molar-refractivity contribution in [3.8, 4) is 0 Å². The molecule has 0 heterocycles. The summed E-state index contributed by atoms with van der Waals surface area (Å²) in [5.41, 5.74) is 1.11. The monoisotopic (exact) mass is 236 g/mol. The molecule has 0 unspecified atom stereocenters. The van der Waals surface area contributed by atoms with Crippen molar-refractivity contribution in [3.05, 3.63) is 62.3 Å². The largest absolute Gasteiger partial charge is 0.0991 e. The maximum Gasteiger partial charge on any atom is -0.0225 e. The summed E-state index contributed by atoms with van der Waals surface area (Å²) in [6.07, 6.45) is 8.87. The maximum atomic E-state index is 3.75. The first-order valence-corrected chi connectivity index (χ1v) is 6.31. The molecule has 0 spiro atoms. The quantitative estimate of drug-likeness (QED) is 0.499. The van der Waals surface area contributed by atoms with Gasteiger partial charge in [-0.15, -0.1) is 0 Å². The summed E-state index contributed by atoms with van der Waals surface area (Å²) in [5.74, 6) is 0.553. The third-order valence-corrected chi connectivity index (χ3v) is 1.39. The van der Waals surface area contributed by atoms with E-state index in [0.717, 1.165) is 5.57 Å². The van der Waals surface area contributed by atoms with E-state index >= 15 is 0 Å². The Labute approximate surface area is 110 Å². The summed E-state index contributed by atoms with van der Waals surface area (Å²) in [4.78, 5) is 0. The summed E-state index contributed by atoms with van der Waals surface area (Å²) in [6.45, 7) is 26.5. The van der Waals surface area contributed by atoms with E-state index in [-0.39, 0.29) is 0 Å². The molecule has 0 aromatic heterocycles. The summed E-state index contributed by atoms with van der Waals surface area (Å²) in [5, 5.41) is 0. The van der Waals surface area contributed by atoms with E-state index in [1.165, 1.54) is 0 Å². The molecule has 0 aromatic carbocycles. The molecule has 0 nitrogen and oxygen atoms in total. The average Bonchev–Trinajstić information content (AvgIpc) is 2.40. The summed E-state index contributed by atoms with van der Waals surface area (Å²) >= 11 is 0. The minimum atomic E-state index is 0.553. The smallest absolute Gasteiger partial charge is 0.0225 e. The Morgan fingerprint density at radius 3 is 1.18 bits per heavy atom. The lowest BCUT2D eigenvalue weighted by atomic mass is 10.1. The van der Waals surface area contributed by atoms with E-state index in [1.54, 1.807) is 18.2 Å². The van der Waals surface area contributed by atoms with Gasteiger partial charge in [0.25, 0.3) is 0 Å². The van der Waals surface area contributed by atoms with Crippen molar-refractivity contribution in [2.45, 2.75) is 41.5 Å². The van der Waals surface area contributed by atoms with Crippen molar-refractivity contribution in [2.75, 3.05) is 0 Å². The Hall–Kier alpha value is -1.30. The third kappa shape index (κ3) is 40.0. The van der Waals surface area contributed by atoms with Crippen LogP contribution in [0.2, 0.25) is 0 Å². The molecule has 0 heteroatoms. The van der Waals surface area contributed by atoms with Crippen molar-refractivity contribution in [1.29, 1.82) is 0 Å². The fourth-order valence-electron chi connectivity index (χ4n) is 0.393. The Kier molecular flexibility index (Phi) is 42.7. The molecule has 0 rings (SSSR count). The normalized spacial score (nSPS) is 7.47. The first-order valence-electron chi connectivity index (χ1n) is 6.31. The van der Waals surface area contributed by atoms with Gasteiger partial charge in [0.05, 0.1) is 0 Å². The summed E-state index contributed by atoms with van der Waals surface area (Å²) < 4.78 is 0. The second-order valence-corrected chi connectivity index (χ2v) is 2.79. The lowest BCUT2D eigenvalue weighted by Gasteiger charge is -1.99. The fraction of sp³-hybridized carbons (Fsp3) is 0.412. The van der Waals surface area contributed by atoms with E-state index in [1.807, 2.05) is 39.8 Å². The van der Waals surface area contributed by atoms with Gasteiger partial charge in [0.2, 0.25) is 0 Å². The van der Waals surface area contributed by atoms with E-state index in [9.17, 15) is 0 Å². The van der Waals surface area contributed by atoms with Gasteiger partial charge in [-0.3, -0.25) is 0 Å². The predicted molar refractivity (Wildman–Crippen MR) is 86.4 cm³/mol. The van der Waals surface area contributed by atoms with Crippen LogP contribution < -0.4 is 0 Å². The molecular formula is C17H32. The van der Waals surface area contributed by atoms with Crippen molar-refractivity contribution < 1.29 is 0 Å². The molecule has 0 radical (unpaired) electrons. The average molecular weight is 236 g/mol. The van der Waals surface area contributed by atoms with Gasteiger partial charge >= 0.3 is 0 Å². The molecule has 0 amide bonds. The van der Waals surface area contributed by atoms with Gasteiger partial charge in [0, 0.05) is 0 Å². The van der Waals surface area contributed by atoms with Crippen LogP contribution in [-0.2, 0) is 0 Å². The van der Waals surface area contributed by atoms with Crippen LogP contribution in [-0.4, -0.2) is 0 Å². The molecule has 0 aliphatic rings. The van der Waals surface area contributed by atoms with E-state index < -0.39 is 0 Å². The second-order valence-electron chi connectivity index (χ2n) is 2.79. The Bertz CT molecular complexity index is 182. The van der Waals surface area contributed by atoms with Crippen molar-refractivity contribution >= 4 is 0 Å². The van der Waals surface area contributed by atoms with E-state index in [4.69, 9.17) is 0 Å². The second kappa shape index (κ2) is 29.3. The fourth-order valence-corrected chi connectivity index (χ4v) is 0.393. The van der Waals surface area contributed by atoms with Crippen LogP contribution in [0.1, 0.15) is 41.5 Å². The highest BCUT2D eigenvalue weighted by Gasteiger charge is 1.90. The van der Waals surface area contributed by atoms with Gasteiger partial charge in [0.1, 0.15) is 0 Å². The van der Waals surface area contributed by atoms with E-state index in [2.05, 4.69) is 40.2 Å². The highest BCUT2D eigenvalue weighted by molar-refractivity contribution is 5.12. The zero-order chi connectivity index (χ0) is 14.7. The molecule has 0 atom stereocenters. The molecule has 0 aliphatic heterocycles. The zero-order valence-electron chi connectivity index (χ0n) is 12.8. The van der Waals surface area contributed by atoms with Gasteiger partial charge in [-0.1, -0.05) is 104 Å². The van der Waals surface area contributed by atoms with Crippen LogP contribution in [0.3, 0.4) is 0 Å². The van der Waals surface area contributed by atoms with Gasteiger partial charge in [-0.05, 0) is 5.92 Å². The topological polar surface area (TPSA) is 0 Å². The number of hydrogen-bond acceptors (Lipinski definition) is 0. The van der Waals surface area contributed by atoms with Crippen LogP contribution in [0, 0.1) is 5.92 Å². The minimum Gasteiger partial charge on any atom is -0.0991 e. The minimum absolute atomic E-state index is 0.553. The maximum absolute atomic E-state index is 3.75. The highest BCUT2D eigenvalue weighted by atomic mass is 14.0. The van der Waals surface area contributed by atoms with Crippen LogP contribution >= 0.6 is 0 Å². The standard InChI is InChI=1S/C7H12.C6H8.2C2H6/c1-5-7(4)6(2)3;1-3-5-6-4-2;2*1-2/h5-6H,1,4H2,2-3H3;3-6H,1-2H2;2*1-2H3/b;6-5-;;. The molecule has 0 bridgehead atoms. The molecule has 100 valence electrons. The molecule has 0 N–H and O–H groups in total. The van der Waals surface area contributed by atoms with Gasteiger partial charge < -0.3 is 0 Å². The van der Waals surface area contributed by atoms with Crippen LogP contribution in [0.25, 0.3) is 0 Å². The lowest BCUT2D eigenvalue weighted by Crippen LogP contribution is -1.85. The zero-order valence-corrected chi connectivity index (χ0v) is 12.8. The first-order chi connectivity index (χ1) is 8.09. The van der Waals surface area contributed by atoms with Gasteiger partial charge in [0.15, 0.2) is 0 Å². The Morgan fingerprint density at radius 1 is 0.824 bits per heavy atom. The van der Waals surface area contributed by atoms with Gasteiger partial charge in [-0.2, -0.15) is 0 Å². The highest BCUT2D eigenvalue weighted by Crippen LogP contribution is 2.05. The van der Waals surface area contributed by atoms with E-state index in [0.29, 0.717) is 5.92 Å². The molecule has 17 heavy (non-hydrogen) atoms. The Balaban J connectivity index is -0.0000000772. The van der Waals surface area contributed by atoms with Crippen LogP contribution in [0.15, 0.2) is 62.3 Å². The number of hydrogen-bond donors (Lipinski definition) is 0. The summed E-state index contributed by atoms with van der Waals surface area (Å²) in [6, 6.07) is 0. The van der Waals surface area contributed by atoms with Crippen molar-refractivity contribution in [1.82, 2.24) is 0 Å². The first kappa shape index (κ1) is 24.8. The molecule has 0 saturated carbocycles. The molecule has 0 saturated heterocycles. The van der Waals surface area contributed by atoms with Crippen LogP contribution in [0.4, 0.5) is 0 Å². The number of rotatable bonds is 4. The summed E-state index contributed by atoms with van der Waals surface area (Å²) in [7, 11) is 0. The van der Waals surface area contributed by atoms with Gasteiger partial charge in [-0.25, -0.2) is 0 Å². The molecule has 0 aliphatic carbocycles. The predicted octanol–water partition coefficient (Wildman–Crippen LogP) is 6.35.